The van der Waals surface area contributed by atoms with Crippen LogP contribution in [-0.2, 0) is 12.8 Å². The summed E-state index contributed by atoms with van der Waals surface area (Å²) in [5.41, 5.74) is 7.82. The van der Waals surface area contributed by atoms with Gasteiger partial charge in [-0.05, 0) is 46.1 Å². The molecule has 3 aromatic rings. The highest BCUT2D eigenvalue weighted by molar-refractivity contribution is 9.11. The number of aromatic nitrogens is 2. The van der Waals surface area contributed by atoms with Crippen LogP contribution in [0.1, 0.15) is 11.5 Å². The van der Waals surface area contributed by atoms with Crippen LogP contribution in [0.15, 0.2) is 44.7 Å². The van der Waals surface area contributed by atoms with Gasteiger partial charge in [-0.15, -0.1) is 11.3 Å². The number of anilines is 1. The number of hydrogen-bond acceptors (Lipinski definition) is 5. The highest BCUT2D eigenvalue weighted by atomic mass is 79.9. The summed E-state index contributed by atoms with van der Waals surface area (Å²) in [5, 5.41) is 4.01. The molecule has 0 fully saturated rings. The van der Waals surface area contributed by atoms with E-state index in [4.69, 9.17) is 10.3 Å². The Balaban J connectivity index is 1.70. The van der Waals surface area contributed by atoms with Crippen molar-refractivity contribution in [2.75, 3.05) is 5.73 Å². The minimum atomic E-state index is 0.632. The number of thiophene rings is 1. The Morgan fingerprint density at radius 2 is 2.00 bits per heavy atom. The first-order valence-corrected chi connectivity index (χ1v) is 7.75. The van der Waals surface area contributed by atoms with Crippen molar-refractivity contribution < 1.29 is 4.52 Å². The maximum atomic E-state index is 5.91. The van der Waals surface area contributed by atoms with Gasteiger partial charge < -0.3 is 10.3 Å². The van der Waals surface area contributed by atoms with Crippen LogP contribution in [-0.4, -0.2) is 10.1 Å². The number of halogens is 1. The molecule has 102 valence electrons. The molecular formula is C14H12BrN3OS. The second-order valence-electron chi connectivity index (χ2n) is 4.31. The van der Waals surface area contributed by atoms with Gasteiger partial charge >= 0.3 is 0 Å². The summed E-state index contributed by atoms with van der Waals surface area (Å²) >= 11 is 5.01. The quantitative estimate of drug-likeness (QED) is 0.724. The number of aryl methyl sites for hydroxylation is 2. The number of nitrogens with zero attached hydrogens (tertiary/aromatic N) is 2. The first-order chi connectivity index (χ1) is 9.72. The summed E-state index contributed by atoms with van der Waals surface area (Å²) in [7, 11) is 0. The van der Waals surface area contributed by atoms with E-state index in [0.717, 1.165) is 26.3 Å². The third-order valence-corrected chi connectivity index (χ3v) is 4.54. The molecule has 0 bridgehead atoms. The fourth-order valence-electron chi connectivity index (χ4n) is 1.89. The van der Waals surface area contributed by atoms with Crippen molar-refractivity contribution in [1.82, 2.24) is 10.1 Å². The molecule has 2 N–H and O–H groups in total. The summed E-state index contributed by atoms with van der Waals surface area (Å²) < 4.78 is 6.33. The van der Waals surface area contributed by atoms with Crippen molar-refractivity contribution in [3.63, 3.8) is 0 Å². The molecule has 0 aliphatic rings. The molecule has 0 atom stereocenters. The van der Waals surface area contributed by atoms with E-state index >= 15 is 0 Å². The molecule has 0 saturated carbocycles. The lowest BCUT2D eigenvalue weighted by molar-refractivity contribution is 0.379. The monoisotopic (exact) mass is 349 g/mol. The lowest BCUT2D eigenvalue weighted by atomic mass is 10.1. The third-order valence-electron chi connectivity index (χ3n) is 2.92. The maximum Gasteiger partial charge on any atom is 0.227 e. The van der Waals surface area contributed by atoms with Crippen LogP contribution < -0.4 is 5.73 Å². The fourth-order valence-corrected chi connectivity index (χ4v) is 3.21. The number of nitrogen functional groups attached to an aromatic ring is 1. The van der Waals surface area contributed by atoms with Crippen LogP contribution in [0.3, 0.4) is 0 Å². The summed E-state index contributed by atoms with van der Waals surface area (Å²) in [4.78, 5) is 5.40. The zero-order valence-corrected chi connectivity index (χ0v) is 12.9. The van der Waals surface area contributed by atoms with E-state index in [0.29, 0.717) is 18.1 Å². The summed E-state index contributed by atoms with van der Waals surface area (Å²) in [6.07, 6.45) is 1.48. The van der Waals surface area contributed by atoms with Crippen LogP contribution in [0.25, 0.3) is 10.7 Å². The van der Waals surface area contributed by atoms with Gasteiger partial charge in [0.1, 0.15) is 0 Å². The number of nitrogens with two attached hydrogens (primary N) is 1. The Hall–Kier alpha value is -1.66. The third kappa shape index (κ3) is 2.91. The molecule has 4 nitrogen and oxygen atoms in total. The molecule has 0 saturated heterocycles. The van der Waals surface area contributed by atoms with Crippen molar-refractivity contribution in [1.29, 1.82) is 0 Å². The lowest BCUT2D eigenvalue weighted by Crippen LogP contribution is -1.96. The smallest absolute Gasteiger partial charge is 0.227 e. The zero-order chi connectivity index (χ0) is 13.9. The van der Waals surface area contributed by atoms with Gasteiger partial charge in [0, 0.05) is 12.1 Å². The number of para-hydroxylation sites is 1. The van der Waals surface area contributed by atoms with Crippen LogP contribution in [0.4, 0.5) is 5.69 Å². The molecule has 0 radical (unpaired) electrons. The molecule has 1 aromatic carbocycles. The van der Waals surface area contributed by atoms with Crippen LogP contribution >= 0.6 is 27.3 Å². The van der Waals surface area contributed by atoms with Crippen LogP contribution in [0, 0.1) is 0 Å². The van der Waals surface area contributed by atoms with Crippen molar-refractivity contribution in [2.24, 2.45) is 0 Å². The Bertz CT molecular complexity index is 723. The average molecular weight is 350 g/mol. The number of rotatable bonds is 4. The molecule has 2 aromatic heterocycles. The van der Waals surface area contributed by atoms with Crippen molar-refractivity contribution in [3.05, 3.63) is 51.6 Å². The van der Waals surface area contributed by atoms with Crippen LogP contribution in [0.5, 0.6) is 0 Å². The lowest BCUT2D eigenvalue weighted by Gasteiger charge is -2.02. The molecular weight excluding hydrogens is 338 g/mol. The van der Waals surface area contributed by atoms with E-state index in [1.54, 1.807) is 11.3 Å². The average Bonchev–Trinajstić information content (AvgIpc) is 3.06. The minimum absolute atomic E-state index is 0.632. The van der Waals surface area contributed by atoms with E-state index in [1.165, 1.54) is 0 Å². The first kappa shape index (κ1) is 13.3. The maximum absolute atomic E-state index is 5.91. The van der Waals surface area contributed by atoms with Gasteiger partial charge in [-0.1, -0.05) is 23.4 Å². The van der Waals surface area contributed by atoms with Gasteiger partial charge in [-0.2, -0.15) is 4.98 Å². The highest BCUT2D eigenvalue weighted by Crippen LogP contribution is 2.29. The van der Waals surface area contributed by atoms with E-state index in [9.17, 15) is 0 Å². The van der Waals surface area contributed by atoms with Crippen molar-refractivity contribution >= 4 is 33.0 Å². The van der Waals surface area contributed by atoms with Gasteiger partial charge in [0.25, 0.3) is 0 Å². The standard InChI is InChI=1S/C14H12BrN3OS/c15-12-7-6-11(20-12)14-17-13(19-18-14)8-5-9-3-1-2-4-10(9)16/h1-4,6-7H,5,8,16H2. The molecule has 2 heterocycles. The molecule has 0 aliphatic carbocycles. The second kappa shape index (κ2) is 5.76. The summed E-state index contributed by atoms with van der Waals surface area (Å²) in [6.45, 7) is 0. The molecule has 3 rings (SSSR count). The topological polar surface area (TPSA) is 64.9 Å². The number of hydrogen-bond donors (Lipinski definition) is 1. The van der Waals surface area contributed by atoms with Gasteiger partial charge in [0.2, 0.25) is 11.7 Å². The van der Waals surface area contributed by atoms with E-state index in [2.05, 4.69) is 26.1 Å². The zero-order valence-electron chi connectivity index (χ0n) is 10.5. The van der Waals surface area contributed by atoms with Crippen molar-refractivity contribution in [2.45, 2.75) is 12.8 Å². The molecule has 0 aliphatic heterocycles. The molecule has 0 unspecified atom stereocenters. The van der Waals surface area contributed by atoms with Gasteiger partial charge in [0.15, 0.2) is 0 Å². The molecule has 20 heavy (non-hydrogen) atoms. The molecule has 0 spiro atoms. The highest BCUT2D eigenvalue weighted by Gasteiger charge is 2.11. The first-order valence-electron chi connectivity index (χ1n) is 6.14. The Morgan fingerprint density at radius 3 is 2.75 bits per heavy atom. The normalized spacial score (nSPS) is 10.8. The number of benzene rings is 1. The van der Waals surface area contributed by atoms with E-state index < -0.39 is 0 Å². The predicted molar refractivity (Wildman–Crippen MR) is 83.6 cm³/mol. The SMILES string of the molecule is Nc1ccccc1CCc1nc(-c2ccc(Br)s2)no1. The summed E-state index contributed by atoms with van der Waals surface area (Å²) in [5.74, 6) is 1.27. The molecule has 0 amide bonds. The fraction of sp³-hybridized carbons (Fsp3) is 0.143. The Labute approximate surface area is 128 Å². The Morgan fingerprint density at radius 1 is 1.15 bits per heavy atom. The van der Waals surface area contributed by atoms with Gasteiger partial charge in [0.05, 0.1) is 8.66 Å². The minimum Gasteiger partial charge on any atom is -0.399 e. The van der Waals surface area contributed by atoms with E-state index in [1.807, 2.05) is 36.4 Å². The second-order valence-corrected chi connectivity index (χ2v) is 6.78. The van der Waals surface area contributed by atoms with Crippen molar-refractivity contribution in [3.8, 4) is 10.7 Å². The summed E-state index contributed by atoms with van der Waals surface area (Å²) in [6, 6.07) is 11.8. The van der Waals surface area contributed by atoms with Gasteiger partial charge in [-0.25, -0.2) is 0 Å². The largest absolute Gasteiger partial charge is 0.399 e. The van der Waals surface area contributed by atoms with E-state index in [-0.39, 0.29) is 0 Å². The van der Waals surface area contributed by atoms with Gasteiger partial charge in [-0.3, -0.25) is 0 Å². The van der Waals surface area contributed by atoms with Crippen LogP contribution in [0.2, 0.25) is 0 Å². The predicted octanol–water partition coefficient (Wildman–Crippen LogP) is 3.93. The Kier molecular flexibility index (Phi) is 3.84. The molecule has 6 heteroatoms.